The molecular weight excluding hydrogens is 443 g/mol. The second-order valence-corrected chi connectivity index (χ2v) is 7.70. The van der Waals surface area contributed by atoms with Crippen LogP contribution in [0.2, 0.25) is 15.1 Å². The van der Waals surface area contributed by atoms with E-state index >= 15 is 0 Å². The molecule has 1 aromatic heterocycles. The summed E-state index contributed by atoms with van der Waals surface area (Å²) in [6.07, 6.45) is 0. The van der Waals surface area contributed by atoms with Gasteiger partial charge in [-0.2, -0.15) is 0 Å². The highest BCUT2D eigenvalue weighted by atomic mass is 35.5. The fraction of sp³-hybridized carbons (Fsp3) is 0.0455. The number of rotatable bonds is 5. The van der Waals surface area contributed by atoms with E-state index < -0.39 is 0 Å². The van der Waals surface area contributed by atoms with E-state index in [9.17, 15) is 4.79 Å². The number of carbonyl (C=O) groups excluding carboxylic acids is 1. The van der Waals surface area contributed by atoms with Gasteiger partial charge in [0, 0.05) is 17.1 Å². The van der Waals surface area contributed by atoms with E-state index in [0.29, 0.717) is 33.1 Å². The van der Waals surface area contributed by atoms with Crippen molar-refractivity contribution in [3.63, 3.8) is 0 Å². The van der Waals surface area contributed by atoms with Crippen LogP contribution in [0.15, 0.2) is 72.8 Å². The SMILES string of the molecule is O=C(NCc1ccccc1)c1nc(-c2ccc(Cl)cc2)n(-c2ccc(Cl)c(Cl)c2)n1. The van der Waals surface area contributed by atoms with Crippen molar-refractivity contribution in [2.45, 2.75) is 6.54 Å². The minimum Gasteiger partial charge on any atom is -0.345 e. The molecule has 1 heterocycles. The minimum atomic E-state index is -0.382. The molecule has 4 rings (SSSR count). The Balaban J connectivity index is 1.70. The van der Waals surface area contributed by atoms with Gasteiger partial charge in [0.15, 0.2) is 5.82 Å². The zero-order chi connectivity index (χ0) is 21.1. The highest BCUT2D eigenvalue weighted by Gasteiger charge is 2.19. The molecular formula is C22H15Cl3N4O. The summed E-state index contributed by atoms with van der Waals surface area (Å²) in [5, 5.41) is 8.66. The lowest BCUT2D eigenvalue weighted by Gasteiger charge is -2.07. The third-order valence-corrected chi connectivity index (χ3v) is 5.35. The van der Waals surface area contributed by atoms with Crippen molar-refractivity contribution in [3.8, 4) is 17.1 Å². The Morgan fingerprint density at radius 1 is 0.900 bits per heavy atom. The molecule has 0 saturated carbocycles. The van der Waals surface area contributed by atoms with Crippen molar-refractivity contribution in [1.29, 1.82) is 0 Å². The third kappa shape index (κ3) is 4.49. The third-order valence-electron chi connectivity index (χ3n) is 4.36. The first-order valence-corrected chi connectivity index (χ1v) is 10.2. The van der Waals surface area contributed by atoms with E-state index in [4.69, 9.17) is 34.8 Å². The molecule has 0 atom stereocenters. The van der Waals surface area contributed by atoms with E-state index in [1.807, 2.05) is 42.5 Å². The normalized spacial score (nSPS) is 10.8. The molecule has 8 heteroatoms. The van der Waals surface area contributed by atoms with Crippen molar-refractivity contribution >= 4 is 40.7 Å². The van der Waals surface area contributed by atoms with Gasteiger partial charge in [-0.05, 0) is 48.0 Å². The summed E-state index contributed by atoms with van der Waals surface area (Å²) in [5.74, 6) is 0.143. The second kappa shape index (κ2) is 8.88. The number of nitrogens with one attached hydrogen (secondary N) is 1. The lowest BCUT2D eigenvalue weighted by Crippen LogP contribution is -2.24. The second-order valence-electron chi connectivity index (χ2n) is 6.44. The first kappa shape index (κ1) is 20.4. The Kier molecular flexibility index (Phi) is 6.04. The average Bonchev–Trinajstić information content (AvgIpc) is 3.21. The maximum atomic E-state index is 12.7. The Hall–Kier alpha value is -2.86. The first-order chi connectivity index (χ1) is 14.5. The number of aromatic nitrogens is 3. The van der Waals surface area contributed by atoms with Gasteiger partial charge >= 0.3 is 0 Å². The van der Waals surface area contributed by atoms with Crippen molar-refractivity contribution < 1.29 is 4.79 Å². The number of hydrogen-bond donors (Lipinski definition) is 1. The van der Waals surface area contributed by atoms with Crippen LogP contribution in [0.5, 0.6) is 0 Å². The molecule has 30 heavy (non-hydrogen) atoms. The number of carbonyl (C=O) groups is 1. The van der Waals surface area contributed by atoms with Gasteiger partial charge in [0.05, 0.1) is 15.7 Å². The van der Waals surface area contributed by atoms with Gasteiger partial charge in [-0.25, -0.2) is 9.67 Å². The van der Waals surface area contributed by atoms with Gasteiger partial charge in [0.25, 0.3) is 5.91 Å². The lowest BCUT2D eigenvalue weighted by atomic mass is 10.2. The van der Waals surface area contributed by atoms with Crippen LogP contribution in [0.4, 0.5) is 0 Å². The Bertz CT molecular complexity index is 1190. The predicted molar refractivity (Wildman–Crippen MR) is 119 cm³/mol. The number of amides is 1. The molecule has 3 aromatic carbocycles. The molecule has 5 nitrogen and oxygen atoms in total. The molecule has 0 radical (unpaired) electrons. The van der Waals surface area contributed by atoms with Crippen LogP contribution in [0.1, 0.15) is 16.2 Å². The molecule has 0 aliphatic heterocycles. The molecule has 0 spiro atoms. The topological polar surface area (TPSA) is 59.8 Å². The zero-order valence-electron chi connectivity index (χ0n) is 15.5. The monoisotopic (exact) mass is 456 g/mol. The van der Waals surface area contributed by atoms with Crippen LogP contribution < -0.4 is 5.32 Å². The summed E-state index contributed by atoms with van der Waals surface area (Å²) in [5.41, 5.74) is 2.36. The van der Waals surface area contributed by atoms with Crippen molar-refractivity contribution in [2.75, 3.05) is 0 Å². The van der Waals surface area contributed by atoms with Crippen LogP contribution in [0.3, 0.4) is 0 Å². The number of halogens is 3. The quantitative estimate of drug-likeness (QED) is 0.410. The summed E-state index contributed by atoms with van der Waals surface area (Å²) < 4.78 is 1.56. The first-order valence-electron chi connectivity index (χ1n) is 9.02. The van der Waals surface area contributed by atoms with Gasteiger partial charge in [0.2, 0.25) is 5.82 Å². The Morgan fingerprint density at radius 3 is 2.33 bits per heavy atom. The predicted octanol–water partition coefficient (Wildman–Crippen LogP) is 5.82. The summed E-state index contributed by atoms with van der Waals surface area (Å²) in [6, 6.07) is 21.8. The maximum Gasteiger partial charge on any atom is 0.291 e. The molecule has 4 aromatic rings. The van der Waals surface area contributed by atoms with Crippen molar-refractivity contribution in [2.24, 2.45) is 0 Å². The summed E-state index contributed by atoms with van der Waals surface area (Å²) in [4.78, 5) is 17.2. The molecule has 0 aliphatic rings. The summed E-state index contributed by atoms with van der Waals surface area (Å²) in [7, 11) is 0. The molecule has 1 N–H and O–H groups in total. The summed E-state index contributed by atoms with van der Waals surface area (Å²) in [6.45, 7) is 0.372. The largest absolute Gasteiger partial charge is 0.345 e. The number of hydrogen-bond acceptors (Lipinski definition) is 3. The van der Waals surface area contributed by atoms with Crippen LogP contribution in [0.25, 0.3) is 17.1 Å². The molecule has 0 bridgehead atoms. The van der Waals surface area contributed by atoms with Gasteiger partial charge in [0.1, 0.15) is 0 Å². The van der Waals surface area contributed by atoms with Gasteiger partial charge in [-0.1, -0.05) is 65.1 Å². The molecule has 0 unspecified atom stereocenters. The van der Waals surface area contributed by atoms with Crippen LogP contribution in [-0.4, -0.2) is 20.7 Å². The smallest absolute Gasteiger partial charge is 0.291 e. The maximum absolute atomic E-state index is 12.7. The van der Waals surface area contributed by atoms with E-state index in [0.717, 1.165) is 11.1 Å². The summed E-state index contributed by atoms with van der Waals surface area (Å²) >= 11 is 18.2. The minimum absolute atomic E-state index is 0.0435. The van der Waals surface area contributed by atoms with E-state index in [-0.39, 0.29) is 11.7 Å². The fourth-order valence-electron chi connectivity index (χ4n) is 2.85. The van der Waals surface area contributed by atoms with Gasteiger partial charge in [-0.15, -0.1) is 5.10 Å². The van der Waals surface area contributed by atoms with E-state index in [1.165, 1.54) is 0 Å². The standard InChI is InChI=1S/C22H15Cl3N4O/c23-16-8-6-15(7-9-16)21-27-20(22(30)26-13-14-4-2-1-3-5-14)28-29(21)17-10-11-18(24)19(25)12-17/h1-12H,13H2,(H,26,30). The number of benzene rings is 3. The molecule has 150 valence electrons. The van der Waals surface area contributed by atoms with Gasteiger partial charge in [-0.3, -0.25) is 4.79 Å². The van der Waals surface area contributed by atoms with Crippen molar-refractivity contribution in [3.05, 3.63) is 99.3 Å². The van der Waals surface area contributed by atoms with Gasteiger partial charge < -0.3 is 5.32 Å². The highest BCUT2D eigenvalue weighted by molar-refractivity contribution is 6.42. The Labute approximate surface area is 188 Å². The lowest BCUT2D eigenvalue weighted by molar-refractivity contribution is 0.0940. The number of nitrogens with zero attached hydrogens (tertiary/aromatic N) is 3. The Morgan fingerprint density at radius 2 is 1.63 bits per heavy atom. The fourth-order valence-corrected chi connectivity index (χ4v) is 3.27. The van der Waals surface area contributed by atoms with E-state index in [1.54, 1.807) is 35.0 Å². The van der Waals surface area contributed by atoms with Crippen LogP contribution in [-0.2, 0) is 6.54 Å². The van der Waals surface area contributed by atoms with Crippen LogP contribution >= 0.6 is 34.8 Å². The zero-order valence-corrected chi connectivity index (χ0v) is 17.8. The molecule has 0 fully saturated rings. The van der Waals surface area contributed by atoms with Crippen LogP contribution in [0, 0.1) is 0 Å². The molecule has 0 saturated heterocycles. The van der Waals surface area contributed by atoms with E-state index in [2.05, 4.69) is 15.4 Å². The highest BCUT2D eigenvalue weighted by Crippen LogP contribution is 2.28. The average molecular weight is 458 g/mol. The molecule has 0 aliphatic carbocycles. The van der Waals surface area contributed by atoms with Crippen molar-refractivity contribution in [1.82, 2.24) is 20.1 Å². The molecule has 1 amide bonds.